The van der Waals surface area contributed by atoms with Crippen LogP contribution in [-0.2, 0) is 11.2 Å². The molecule has 0 heterocycles. The molecule has 0 aliphatic heterocycles. The smallest absolute Gasteiger partial charge is 0.262 e. The number of aryl methyl sites for hydroxylation is 1. The first-order valence-electron chi connectivity index (χ1n) is 6.88. The van der Waals surface area contributed by atoms with E-state index in [1.807, 2.05) is 36.4 Å². The summed E-state index contributed by atoms with van der Waals surface area (Å²) in [6.45, 7) is 2.02. The van der Waals surface area contributed by atoms with E-state index in [9.17, 15) is 4.79 Å². The largest absolute Gasteiger partial charge is 0.495 e. The first kappa shape index (κ1) is 14.9. The molecule has 0 aliphatic rings. The number of amides is 1. The van der Waals surface area contributed by atoms with E-state index >= 15 is 0 Å². The van der Waals surface area contributed by atoms with Gasteiger partial charge in [0.25, 0.3) is 5.91 Å². The molecule has 0 spiro atoms. The number of carbonyl (C=O) groups excluding carboxylic acids is 1. The maximum Gasteiger partial charge on any atom is 0.262 e. The molecule has 0 bridgehead atoms. The van der Waals surface area contributed by atoms with Crippen molar-refractivity contribution in [1.29, 1.82) is 0 Å². The van der Waals surface area contributed by atoms with Crippen molar-refractivity contribution < 1.29 is 14.3 Å². The highest BCUT2D eigenvalue weighted by atomic mass is 16.5. The summed E-state index contributed by atoms with van der Waals surface area (Å²) in [6.07, 6.45) is 0.865. The Morgan fingerprint density at radius 3 is 2.43 bits per heavy atom. The van der Waals surface area contributed by atoms with Crippen LogP contribution < -0.4 is 14.8 Å². The molecule has 21 heavy (non-hydrogen) atoms. The number of hydrogen-bond donors (Lipinski definition) is 1. The van der Waals surface area contributed by atoms with Gasteiger partial charge >= 0.3 is 0 Å². The predicted molar refractivity (Wildman–Crippen MR) is 82.9 cm³/mol. The van der Waals surface area contributed by atoms with Crippen LogP contribution in [0.5, 0.6) is 11.5 Å². The predicted octanol–water partition coefficient (Wildman–Crippen LogP) is 3.28. The van der Waals surface area contributed by atoms with Crippen LogP contribution in [0.25, 0.3) is 0 Å². The zero-order valence-electron chi connectivity index (χ0n) is 12.3. The minimum atomic E-state index is -0.217. The second-order valence-electron chi connectivity index (χ2n) is 4.50. The molecule has 4 heteroatoms. The summed E-state index contributed by atoms with van der Waals surface area (Å²) >= 11 is 0. The Hall–Kier alpha value is -2.49. The molecule has 2 rings (SSSR count). The van der Waals surface area contributed by atoms with Crippen LogP contribution in [0, 0.1) is 0 Å². The van der Waals surface area contributed by atoms with Gasteiger partial charge in [0.1, 0.15) is 11.5 Å². The summed E-state index contributed by atoms with van der Waals surface area (Å²) in [7, 11) is 1.57. The Morgan fingerprint density at radius 2 is 1.71 bits per heavy atom. The van der Waals surface area contributed by atoms with E-state index in [2.05, 4.69) is 12.2 Å². The van der Waals surface area contributed by atoms with Crippen molar-refractivity contribution in [3.8, 4) is 11.5 Å². The molecule has 1 amide bonds. The van der Waals surface area contributed by atoms with Gasteiger partial charge < -0.3 is 14.8 Å². The van der Waals surface area contributed by atoms with Crippen LogP contribution >= 0.6 is 0 Å². The third-order valence-electron chi connectivity index (χ3n) is 3.09. The van der Waals surface area contributed by atoms with Crippen molar-refractivity contribution in [3.63, 3.8) is 0 Å². The number of rotatable bonds is 6. The van der Waals surface area contributed by atoms with Gasteiger partial charge in [0.2, 0.25) is 0 Å². The monoisotopic (exact) mass is 285 g/mol. The summed E-state index contributed by atoms with van der Waals surface area (Å²) in [4.78, 5) is 12.0. The van der Waals surface area contributed by atoms with Crippen molar-refractivity contribution >= 4 is 11.6 Å². The normalized spacial score (nSPS) is 10.0. The average Bonchev–Trinajstić information content (AvgIpc) is 2.53. The number of methoxy groups -OCH3 is 1. The Bertz CT molecular complexity index is 610. The van der Waals surface area contributed by atoms with Gasteiger partial charge in [0.05, 0.1) is 12.8 Å². The topological polar surface area (TPSA) is 47.6 Å². The fourth-order valence-corrected chi connectivity index (χ4v) is 2.01. The van der Waals surface area contributed by atoms with Crippen molar-refractivity contribution in [2.45, 2.75) is 13.3 Å². The van der Waals surface area contributed by atoms with Crippen molar-refractivity contribution in [2.24, 2.45) is 0 Å². The molecule has 4 nitrogen and oxygen atoms in total. The number of ether oxygens (including phenoxy) is 2. The summed E-state index contributed by atoms with van der Waals surface area (Å²) in [6, 6.07) is 15.0. The van der Waals surface area contributed by atoms with Crippen LogP contribution in [0.1, 0.15) is 12.5 Å². The maximum absolute atomic E-state index is 12.0. The number of para-hydroxylation sites is 3. The highest BCUT2D eigenvalue weighted by Gasteiger charge is 2.08. The molecule has 2 aromatic carbocycles. The van der Waals surface area contributed by atoms with E-state index in [4.69, 9.17) is 9.47 Å². The third-order valence-corrected chi connectivity index (χ3v) is 3.09. The maximum atomic E-state index is 12.0. The number of nitrogens with one attached hydrogen (secondary N) is 1. The highest BCUT2D eigenvalue weighted by molar-refractivity contribution is 5.93. The van der Waals surface area contributed by atoms with Crippen LogP contribution in [0.2, 0.25) is 0 Å². The lowest BCUT2D eigenvalue weighted by Gasteiger charge is -2.12. The minimum absolute atomic E-state index is 0.0327. The van der Waals surface area contributed by atoms with Gasteiger partial charge in [-0.2, -0.15) is 0 Å². The standard InChI is InChI=1S/C17H19NO3/c1-3-13-8-4-6-10-15(13)21-12-17(19)18-14-9-5-7-11-16(14)20-2/h4-11H,3,12H2,1-2H3,(H,18,19). The van der Waals surface area contributed by atoms with Gasteiger partial charge in [-0.15, -0.1) is 0 Å². The molecular weight excluding hydrogens is 266 g/mol. The molecule has 0 fully saturated rings. The number of carbonyl (C=O) groups is 1. The molecule has 0 unspecified atom stereocenters. The Morgan fingerprint density at radius 1 is 1.05 bits per heavy atom. The molecule has 0 aromatic heterocycles. The van der Waals surface area contributed by atoms with Crippen molar-refractivity contribution in [1.82, 2.24) is 0 Å². The second kappa shape index (κ2) is 7.33. The number of anilines is 1. The summed E-state index contributed by atoms with van der Waals surface area (Å²) in [5.74, 6) is 1.15. The van der Waals surface area contributed by atoms with Gasteiger partial charge in [-0.05, 0) is 30.2 Å². The third kappa shape index (κ3) is 3.99. The van der Waals surface area contributed by atoms with E-state index in [0.717, 1.165) is 17.7 Å². The molecule has 0 saturated carbocycles. The van der Waals surface area contributed by atoms with E-state index in [1.165, 1.54) is 0 Å². The van der Waals surface area contributed by atoms with Gasteiger partial charge in [-0.3, -0.25) is 4.79 Å². The number of benzene rings is 2. The van der Waals surface area contributed by atoms with Crippen LogP contribution in [-0.4, -0.2) is 19.6 Å². The summed E-state index contributed by atoms with van der Waals surface area (Å²) in [5.41, 5.74) is 1.72. The van der Waals surface area contributed by atoms with E-state index < -0.39 is 0 Å². The van der Waals surface area contributed by atoms with Crippen LogP contribution in [0.4, 0.5) is 5.69 Å². The second-order valence-corrected chi connectivity index (χ2v) is 4.50. The van der Waals surface area contributed by atoms with E-state index in [0.29, 0.717) is 11.4 Å². The van der Waals surface area contributed by atoms with E-state index in [1.54, 1.807) is 19.2 Å². The molecule has 1 N–H and O–H groups in total. The lowest BCUT2D eigenvalue weighted by atomic mass is 10.1. The Balaban J connectivity index is 1.96. The molecule has 0 aliphatic carbocycles. The fraction of sp³-hybridized carbons (Fsp3) is 0.235. The first-order chi connectivity index (χ1) is 10.2. The van der Waals surface area contributed by atoms with E-state index in [-0.39, 0.29) is 12.5 Å². The van der Waals surface area contributed by atoms with Gasteiger partial charge in [-0.1, -0.05) is 37.3 Å². The number of hydrogen-bond acceptors (Lipinski definition) is 3. The van der Waals surface area contributed by atoms with Crippen LogP contribution in [0.15, 0.2) is 48.5 Å². The molecule has 110 valence electrons. The van der Waals surface area contributed by atoms with Crippen molar-refractivity contribution in [3.05, 3.63) is 54.1 Å². The highest BCUT2D eigenvalue weighted by Crippen LogP contribution is 2.23. The van der Waals surface area contributed by atoms with Crippen molar-refractivity contribution in [2.75, 3.05) is 19.0 Å². The molecular formula is C17H19NO3. The molecule has 0 saturated heterocycles. The Kier molecular flexibility index (Phi) is 5.21. The molecule has 0 radical (unpaired) electrons. The SMILES string of the molecule is CCc1ccccc1OCC(=O)Nc1ccccc1OC. The summed E-state index contributed by atoms with van der Waals surface area (Å²) < 4.78 is 10.8. The zero-order valence-corrected chi connectivity index (χ0v) is 12.3. The van der Waals surface area contributed by atoms with Crippen LogP contribution in [0.3, 0.4) is 0 Å². The quantitative estimate of drug-likeness (QED) is 0.886. The van der Waals surface area contributed by atoms with Gasteiger partial charge in [-0.25, -0.2) is 0 Å². The molecule has 2 aromatic rings. The van der Waals surface area contributed by atoms with Gasteiger partial charge in [0.15, 0.2) is 6.61 Å². The Labute approximate surface area is 124 Å². The fourth-order valence-electron chi connectivity index (χ4n) is 2.01. The summed E-state index contributed by atoms with van der Waals surface area (Å²) in [5, 5.41) is 2.78. The zero-order chi connectivity index (χ0) is 15.1. The first-order valence-corrected chi connectivity index (χ1v) is 6.88. The minimum Gasteiger partial charge on any atom is -0.495 e. The molecule has 0 atom stereocenters. The lowest BCUT2D eigenvalue weighted by Crippen LogP contribution is -2.20. The van der Waals surface area contributed by atoms with Gasteiger partial charge in [0, 0.05) is 0 Å². The lowest BCUT2D eigenvalue weighted by molar-refractivity contribution is -0.118. The average molecular weight is 285 g/mol.